The Balaban J connectivity index is 1.90. The van der Waals surface area contributed by atoms with Gasteiger partial charge in [-0.1, -0.05) is 6.92 Å². The monoisotopic (exact) mass is 316 g/mol. The van der Waals surface area contributed by atoms with E-state index in [1.54, 1.807) is 11.8 Å². The van der Waals surface area contributed by atoms with Crippen LogP contribution in [0.3, 0.4) is 0 Å². The number of hydrogen-bond acceptors (Lipinski definition) is 4. The summed E-state index contributed by atoms with van der Waals surface area (Å²) in [4.78, 5) is 26.8. The van der Waals surface area contributed by atoms with Crippen molar-refractivity contribution < 1.29 is 14.3 Å². The normalized spacial score (nSPS) is 21.7. The molecule has 2 aliphatic heterocycles. The summed E-state index contributed by atoms with van der Waals surface area (Å²) >= 11 is 0. The fourth-order valence-electron chi connectivity index (χ4n) is 3.33. The highest BCUT2D eigenvalue weighted by Crippen LogP contribution is 2.36. The molecule has 1 aromatic carbocycles. The number of nitrogens with zero attached hydrogens (tertiary/aromatic N) is 1. The molecule has 1 unspecified atom stereocenters. The SMILES string of the molecule is CCCN1C(=O)C(C)Oc2ccc(C(=O)C3CCNCC3)cc21. The van der Waals surface area contributed by atoms with Crippen LogP contribution in [0.15, 0.2) is 18.2 Å². The molecule has 2 aliphatic rings. The van der Waals surface area contributed by atoms with Crippen LogP contribution in [0, 0.1) is 5.92 Å². The predicted molar refractivity (Wildman–Crippen MR) is 89.1 cm³/mol. The van der Waals surface area contributed by atoms with E-state index in [9.17, 15) is 9.59 Å². The number of amides is 1. The summed E-state index contributed by atoms with van der Waals surface area (Å²) in [5.41, 5.74) is 1.41. The van der Waals surface area contributed by atoms with Gasteiger partial charge in [-0.15, -0.1) is 0 Å². The van der Waals surface area contributed by atoms with E-state index in [1.165, 1.54) is 0 Å². The Kier molecular flexibility index (Phi) is 4.66. The maximum atomic E-state index is 12.7. The molecule has 1 aromatic rings. The van der Waals surface area contributed by atoms with Gasteiger partial charge in [-0.05, 0) is 57.5 Å². The average molecular weight is 316 g/mol. The molecule has 5 heteroatoms. The molecule has 1 atom stereocenters. The molecule has 2 heterocycles. The number of benzene rings is 1. The van der Waals surface area contributed by atoms with Gasteiger partial charge in [-0.25, -0.2) is 0 Å². The molecule has 23 heavy (non-hydrogen) atoms. The van der Waals surface area contributed by atoms with Gasteiger partial charge in [0.15, 0.2) is 11.9 Å². The topological polar surface area (TPSA) is 58.6 Å². The molecule has 1 N–H and O–H groups in total. The van der Waals surface area contributed by atoms with Crippen LogP contribution in [0.25, 0.3) is 0 Å². The molecule has 0 radical (unpaired) electrons. The summed E-state index contributed by atoms with van der Waals surface area (Å²) < 4.78 is 5.69. The summed E-state index contributed by atoms with van der Waals surface area (Å²) in [7, 11) is 0. The van der Waals surface area contributed by atoms with Crippen LogP contribution >= 0.6 is 0 Å². The zero-order chi connectivity index (χ0) is 16.4. The number of rotatable bonds is 4. The Bertz CT molecular complexity index is 608. The van der Waals surface area contributed by atoms with Gasteiger partial charge in [0, 0.05) is 18.0 Å². The molecule has 0 aliphatic carbocycles. The lowest BCUT2D eigenvalue weighted by Gasteiger charge is -2.33. The minimum absolute atomic E-state index is 0.0363. The predicted octanol–water partition coefficient (Wildman–Crippen LogP) is 2.39. The lowest BCUT2D eigenvalue weighted by Crippen LogP contribution is -2.44. The number of carbonyl (C=O) groups is 2. The van der Waals surface area contributed by atoms with E-state index in [-0.39, 0.29) is 17.6 Å². The van der Waals surface area contributed by atoms with E-state index in [0.717, 1.165) is 38.0 Å². The number of ether oxygens (including phenoxy) is 1. The first-order valence-corrected chi connectivity index (χ1v) is 8.48. The highest BCUT2D eigenvalue weighted by Gasteiger charge is 2.32. The van der Waals surface area contributed by atoms with Crippen molar-refractivity contribution in [2.75, 3.05) is 24.5 Å². The lowest BCUT2D eigenvalue weighted by atomic mass is 9.89. The Morgan fingerprint density at radius 2 is 2.09 bits per heavy atom. The van der Waals surface area contributed by atoms with E-state index in [4.69, 9.17) is 4.74 Å². The number of nitrogens with one attached hydrogen (secondary N) is 1. The maximum Gasteiger partial charge on any atom is 0.267 e. The number of carbonyl (C=O) groups excluding carboxylic acids is 2. The van der Waals surface area contributed by atoms with Crippen LogP contribution in [0.2, 0.25) is 0 Å². The molecule has 0 bridgehead atoms. The molecule has 0 spiro atoms. The molecule has 0 saturated carbocycles. The van der Waals surface area contributed by atoms with E-state index in [2.05, 4.69) is 5.32 Å². The summed E-state index contributed by atoms with van der Waals surface area (Å²) in [6.07, 6.45) is 2.15. The van der Waals surface area contributed by atoms with Gasteiger partial charge in [0.1, 0.15) is 5.75 Å². The zero-order valence-electron chi connectivity index (χ0n) is 13.8. The van der Waals surface area contributed by atoms with Crippen LogP contribution in [0.4, 0.5) is 5.69 Å². The maximum absolute atomic E-state index is 12.7. The molecule has 0 aromatic heterocycles. The van der Waals surface area contributed by atoms with Gasteiger partial charge in [-0.2, -0.15) is 0 Å². The van der Waals surface area contributed by atoms with Crippen LogP contribution in [-0.4, -0.2) is 37.4 Å². The van der Waals surface area contributed by atoms with Crippen molar-refractivity contribution in [1.29, 1.82) is 0 Å². The second-order valence-corrected chi connectivity index (χ2v) is 6.32. The Labute approximate surface area is 137 Å². The van der Waals surface area contributed by atoms with Gasteiger partial charge in [0.2, 0.25) is 0 Å². The van der Waals surface area contributed by atoms with Crippen LogP contribution < -0.4 is 15.0 Å². The number of ketones is 1. The third-order valence-electron chi connectivity index (χ3n) is 4.61. The van der Waals surface area contributed by atoms with Crippen molar-refractivity contribution in [2.45, 2.75) is 39.2 Å². The third-order valence-corrected chi connectivity index (χ3v) is 4.61. The summed E-state index contributed by atoms with van der Waals surface area (Å²) in [5, 5.41) is 3.28. The van der Waals surface area contributed by atoms with Crippen molar-refractivity contribution in [3.8, 4) is 5.75 Å². The van der Waals surface area contributed by atoms with Gasteiger partial charge in [0.25, 0.3) is 5.91 Å². The van der Waals surface area contributed by atoms with Crippen LogP contribution in [0.1, 0.15) is 43.5 Å². The molecule has 1 amide bonds. The van der Waals surface area contributed by atoms with Crippen molar-refractivity contribution in [3.63, 3.8) is 0 Å². The average Bonchev–Trinajstić information content (AvgIpc) is 2.59. The van der Waals surface area contributed by atoms with E-state index in [0.29, 0.717) is 17.9 Å². The zero-order valence-corrected chi connectivity index (χ0v) is 13.8. The second-order valence-electron chi connectivity index (χ2n) is 6.32. The van der Waals surface area contributed by atoms with Gasteiger partial charge >= 0.3 is 0 Å². The molecular weight excluding hydrogens is 292 g/mol. The second kappa shape index (κ2) is 6.71. The summed E-state index contributed by atoms with van der Waals surface area (Å²) in [5.74, 6) is 0.906. The smallest absolute Gasteiger partial charge is 0.267 e. The van der Waals surface area contributed by atoms with Crippen molar-refractivity contribution in [1.82, 2.24) is 5.32 Å². The summed E-state index contributed by atoms with van der Waals surface area (Å²) in [6, 6.07) is 5.49. The highest BCUT2D eigenvalue weighted by atomic mass is 16.5. The van der Waals surface area contributed by atoms with Crippen LogP contribution in [0.5, 0.6) is 5.75 Å². The first kappa shape index (κ1) is 16.0. The standard InChI is InChI=1S/C18H24N2O3/c1-3-10-20-15-11-14(17(21)13-6-8-19-9-7-13)4-5-16(15)23-12(2)18(20)22/h4-5,11-13,19H,3,6-10H2,1-2H3. The number of anilines is 1. The fourth-order valence-corrected chi connectivity index (χ4v) is 3.33. The number of fused-ring (bicyclic) bond motifs is 1. The Morgan fingerprint density at radius 3 is 2.78 bits per heavy atom. The molecule has 1 fully saturated rings. The van der Waals surface area contributed by atoms with Crippen molar-refractivity contribution in [2.24, 2.45) is 5.92 Å². The fraction of sp³-hybridized carbons (Fsp3) is 0.556. The Morgan fingerprint density at radius 1 is 1.35 bits per heavy atom. The first-order valence-electron chi connectivity index (χ1n) is 8.48. The first-order chi connectivity index (χ1) is 11.1. The Hall–Kier alpha value is -1.88. The number of Topliss-reactive ketones (excluding diaryl/α,β-unsaturated/α-hetero) is 1. The quantitative estimate of drug-likeness (QED) is 0.867. The number of piperidine rings is 1. The molecular formula is C18H24N2O3. The van der Waals surface area contributed by atoms with Crippen LogP contribution in [-0.2, 0) is 4.79 Å². The van der Waals surface area contributed by atoms with E-state index >= 15 is 0 Å². The molecule has 5 nitrogen and oxygen atoms in total. The van der Waals surface area contributed by atoms with E-state index < -0.39 is 6.10 Å². The molecule has 3 rings (SSSR count). The minimum atomic E-state index is -0.472. The largest absolute Gasteiger partial charge is 0.479 e. The van der Waals surface area contributed by atoms with Gasteiger partial charge in [-0.3, -0.25) is 9.59 Å². The number of hydrogen-bond donors (Lipinski definition) is 1. The van der Waals surface area contributed by atoms with Gasteiger partial charge < -0.3 is 15.0 Å². The third kappa shape index (κ3) is 3.11. The molecule has 1 saturated heterocycles. The minimum Gasteiger partial charge on any atom is -0.479 e. The van der Waals surface area contributed by atoms with Gasteiger partial charge in [0.05, 0.1) is 5.69 Å². The lowest BCUT2D eigenvalue weighted by molar-refractivity contribution is -0.125. The van der Waals surface area contributed by atoms with Crippen molar-refractivity contribution >= 4 is 17.4 Å². The molecule has 124 valence electrons. The van der Waals surface area contributed by atoms with E-state index in [1.807, 2.05) is 25.1 Å². The van der Waals surface area contributed by atoms with Crippen molar-refractivity contribution in [3.05, 3.63) is 23.8 Å². The highest BCUT2D eigenvalue weighted by molar-refractivity contribution is 6.03. The summed E-state index contributed by atoms with van der Waals surface area (Å²) in [6.45, 7) is 6.23.